The first-order valence-corrected chi connectivity index (χ1v) is 14.2. The van der Waals surface area contributed by atoms with Crippen molar-refractivity contribution in [3.63, 3.8) is 0 Å². The molecule has 11 heteroatoms. The first-order chi connectivity index (χ1) is 19.7. The highest BCUT2D eigenvalue weighted by atomic mass is 35.5. The predicted molar refractivity (Wildman–Crippen MR) is 155 cm³/mol. The van der Waals surface area contributed by atoms with E-state index in [0.717, 1.165) is 15.4 Å². The summed E-state index contributed by atoms with van der Waals surface area (Å²) >= 11 is 6.01. The second-order valence-electron chi connectivity index (χ2n) is 8.84. The molecule has 1 amide bonds. The fourth-order valence-electron chi connectivity index (χ4n) is 3.86. The summed E-state index contributed by atoms with van der Waals surface area (Å²) < 4.78 is 57.7. The van der Waals surface area contributed by atoms with Crippen molar-refractivity contribution in [3.8, 4) is 17.2 Å². The molecule has 0 aromatic heterocycles. The van der Waals surface area contributed by atoms with E-state index in [1.165, 1.54) is 56.7 Å². The molecule has 1 N–H and O–H groups in total. The molecule has 4 aromatic rings. The number of halogens is 2. The average molecular weight is 599 g/mol. The van der Waals surface area contributed by atoms with Gasteiger partial charge in [0.1, 0.15) is 24.7 Å². The number of benzene rings is 4. The number of nitrogens with one attached hydrogen (secondary N) is 1. The molecule has 4 rings (SSSR count). The van der Waals surface area contributed by atoms with Crippen LogP contribution in [-0.2, 0) is 28.0 Å². The van der Waals surface area contributed by atoms with E-state index in [4.69, 9.17) is 25.8 Å². The number of amides is 1. The normalized spacial score (nSPS) is 11.0. The maximum atomic E-state index is 13.7. The van der Waals surface area contributed by atoms with Crippen molar-refractivity contribution >= 4 is 33.2 Å². The van der Waals surface area contributed by atoms with Crippen LogP contribution in [0.4, 0.5) is 10.1 Å². The monoisotopic (exact) mass is 598 g/mol. The number of ether oxygens (including phenoxy) is 3. The van der Waals surface area contributed by atoms with Gasteiger partial charge >= 0.3 is 0 Å². The number of hydrogen-bond donors (Lipinski definition) is 1. The second kappa shape index (κ2) is 13.4. The van der Waals surface area contributed by atoms with E-state index in [1.807, 2.05) is 0 Å². The number of carbonyl (C=O) groups is 1. The molecule has 4 aromatic carbocycles. The highest BCUT2D eigenvalue weighted by Crippen LogP contribution is 2.32. The van der Waals surface area contributed by atoms with Crippen molar-refractivity contribution in [2.75, 3.05) is 25.1 Å². The van der Waals surface area contributed by atoms with Crippen molar-refractivity contribution < 1.29 is 31.8 Å². The van der Waals surface area contributed by atoms with Gasteiger partial charge in [-0.25, -0.2) is 12.8 Å². The van der Waals surface area contributed by atoms with Gasteiger partial charge in [0.25, 0.3) is 10.0 Å². The quantitative estimate of drug-likeness (QED) is 0.229. The van der Waals surface area contributed by atoms with E-state index in [1.54, 1.807) is 48.5 Å². The van der Waals surface area contributed by atoms with Gasteiger partial charge in [0.05, 0.1) is 24.8 Å². The molecule has 0 heterocycles. The van der Waals surface area contributed by atoms with Gasteiger partial charge in [-0.3, -0.25) is 9.10 Å². The van der Waals surface area contributed by atoms with Crippen LogP contribution in [0.2, 0.25) is 5.02 Å². The summed E-state index contributed by atoms with van der Waals surface area (Å²) in [5.41, 5.74) is 1.88. The van der Waals surface area contributed by atoms with Gasteiger partial charge in [0, 0.05) is 17.6 Å². The zero-order valence-corrected chi connectivity index (χ0v) is 23.9. The lowest BCUT2D eigenvalue weighted by molar-refractivity contribution is -0.119. The molecule has 0 aliphatic carbocycles. The maximum absolute atomic E-state index is 13.7. The summed E-state index contributed by atoms with van der Waals surface area (Å²) in [7, 11) is -1.33. The van der Waals surface area contributed by atoms with Crippen molar-refractivity contribution in [3.05, 3.63) is 113 Å². The molecular formula is C30H28ClFN2O6S. The molecule has 8 nitrogen and oxygen atoms in total. The summed E-state index contributed by atoms with van der Waals surface area (Å²) in [5, 5.41) is 3.19. The van der Waals surface area contributed by atoms with E-state index in [0.29, 0.717) is 16.5 Å². The fraction of sp³-hybridized carbons (Fsp3) is 0.167. The zero-order valence-electron chi connectivity index (χ0n) is 22.3. The van der Waals surface area contributed by atoms with Crippen molar-refractivity contribution in [1.29, 1.82) is 0 Å². The van der Waals surface area contributed by atoms with Gasteiger partial charge in [-0.05, 0) is 71.8 Å². The van der Waals surface area contributed by atoms with Gasteiger partial charge in [0.15, 0.2) is 11.5 Å². The Balaban J connectivity index is 1.44. The second-order valence-corrected chi connectivity index (χ2v) is 11.1. The van der Waals surface area contributed by atoms with Crippen LogP contribution in [-0.4, -0.2) is 35.1 Å². The molecule has 214 valence electrons. The molecule has 0 fully saturated rings. The van der Waals surface area contributed by atoms with Crippen LogP contribution in [0.25, 0.3) is 0 Å². The first-order valence-electron chi connectivity index (χ1n) is 12.4. The Bertz CT molecular complexity index is 1580. The minimum absolute atomic E-state index is 0.0749. The van der Waals surface area contributed by atoms with Gasteiger partial charge in [-0.2, -0.15) is 0 Å². The lowest BCUT2D eigenvalue weighted by atomic mass is 10.2. The number of nitrogens with zero attached hydrogens (tertiary/aromatic N) is 1. The Morgan fingerprint density at radius 3 is 2.12 bits per heavy atom. The third kappa shape index (κ3) is 7.68. The minimum Gasteiger partial charge on any atom is -0.493 e. The standard InChI is InChI=1S/C30H28ClFN2O6S/c1-38-28-16-15-27(17-29(28)39-2)41(36,37)34(25-11-7-23(31)8-12-25)19-30(35)33-18-21-5-13-26(14-6-21)40-20-22-3-9-24(32)10-4-22/h3-17H,18-20H2,1-2H3,(H,33,35). The number of methoxy groups -OCH3 is 2. The molecule has 0 saturated heterocycles. The van der Waals surface area contributed by atoms with Gasteiger partial charge in [-0.1, -0.05) is 35.9 Å². The summed E-state index contributed by atoms with van der Waals surface area (Å²) in [4.78, 5) is 12.9. The fourth-order valence-corrected chi connectivity index (χ4v) is 5.43. The van der Waals surface area contributed by atoms with Crippen LogP contribution in [0.15, 0.2) is 95.9 Å². The van der Waals surface area contributed by atoms with E-state index in [2.05, 4.69) is 5.32 Å². The number of anilines is 1. The van der Waals surface area contributed by atoms with Crippen LogP contribution in [0.5, 0.6) is 17.2 Å². The lowest BCUT2D eigenvalue weighted by Gasteiger charge is -2.24. The van der Waals surface area contributed by atoms with Crippen molar-refractivity contribution in [2.24, 2.45) is 0 Å². The molecule has 0 radical (unpaired) electrons. The molecule has 0 spiro atoms. The zero-order chi connectivity index (χ0) is 29.4. The van der Waals surface area contributed by atoms with Crippen LogP contribution < -0.4 is 23.8 Å². The van der Waals surface area contributed by atoms with E-state index in [-0.39, 0.29) is 35.3 Å². The van der Waals surface area contributed by atoms with E-state index >= 15 is 0 Å². The van der Waals surface area contributed by atoms with E-state index in [9.17, 15) is 17.6 Å². The summed E-state index contributed by atoms with van der Waals surface area (Å²) in [6.45, 7) is -0.0233. The smallest absolute Gasteiger partial charge is 0.264 e. The molecular weight excluding hydrogens is 571 g/mol. The largest absolute Gasteiger partial charge is 0.493 e. The van der Waals surface area contributed by atoms with Crippen molar-refractivity contribution in [1.82, 2.24) is 5.32 Å². The summed E-state index contributed by atoms with van der Waals surface area (Å²) in [5.74, 6) is 0.392. The number of carbonyl (C=O) groups excluding carboxylic acids is 1. The third-order valence-electron chi connectivity index (χ3n) is 6.08. The van der Waals surface area contributed by atoms with Crippen molar-refractivity contribution in [2.45, 2.75) is 18.0 Å². The van der Waals surface area contributed by atoms with Crippen LogP contribution in [0, 0.1) is 5.82 Å². The molecule has 0 saturated carbocycles. The molecule has 0 unspecified atom stereocenters. The Morgan fingerprint density at radius 2 is 1.49 bits per heavy atom. The lowest BCUT2D eigenvalue weighted by Crippen LogP contribution is -2.40. The number of sulfonamides is 1. The minimum atomic E-state index is -4.18. The number of hydrogen-bond acceptors (Lipinski definition) is 6. The Labute approximate surface area is 243 Å². The molecule has 0 aliphatic heterocycles. The van der Waals surface area contributed by atoms with Gasteiger partial charge in [0.2, 0.25) is 5.91 Å². The third-order valence-corrected chi connectivity index (χ3v) is 8.10. The topological polar surface area (TPSA) is 94.2 Å². The predicted octanol–water partition coefficient (Wildman–Crippen LogP) is 5.59. The van der Waals surface area contributed by atoms with Gasteiger partial charge < -0.3 is 19.5 Å². The Hall–Kier alpha value is -4.28. The molecule has 0 aliphatic rings. The Kier molecular flexibility index (Phi) is 9.69. The highest BCUT2D eigenvalue weighted by Gasteiger charge is 2.28. The summed E-state index contributed by atoms with van der Waals surface area (Å²) in [6.07, 6.45) is 0. The first kappa shape index (κ1) is 29.7. The van der Waals surface area contributed by atoms with Crippen LogP contribution in [0.3, 0.4) is 0 Å². The Morgan fingerprint density at radius 1 is 0.854 bits per heavy atom. The van der Waals surface area contributed by atoms with Gasteiger partial charge in [-0.15, -0.1) is 0 Å². The molecule has 41 heavy (non-hydrogen) atoms. The molecule has 0 bridgehead atoms. The van der Waals surface area contributed by atoms with E-state index < -0.39 is 22.5 Å². The average Bonchev–Trinajstić information content (AvgIpc) is 2.99. The highest BCUT2D eigenvalue weighted by molar-refractivity contribution is 7.92. The maximum Gasteiger partial charge on any atom is 0.264 e. The van der Waals surface area contributed by atoms with Crippen LogP contribution >= 0.6 is 11.6 Å². The SMILES string of the molecule is COc1ccc(S(=O)(=O)N(CC(=O)NCc2ccc(OCc3ccc(F)cc3)cc2)c2ccc(Cl)cc2)cc1OC. The number of rotatable bonds is 12. The molecule has 0 atom stereocenters. The summed E-state index contributed by atoms with van der Waals surface area (Å²) in [6, 6.07) is 23.5. The van der Waals surface area contributed by atoms with Crippen LogP contribution in [0.1, 0.15) is 11.1 Å².